The van der Waals surface area contributed by atoms with Gasteiger partial charge in [-0.25, -0.2) is 8.42 Å². The zero-order valence-corrected chi connectivity index (χ0v) is 12.7. The predicted octanol–water partition coefficient (Wildman–Crippen LogP) is 0.962. The maximum absolute atomic E-state index is 11.6. The molecule has 6 nitrogen and oxygen atoms in total. The predicted molar refractivity (Wildman–Crippen MR) is 75.1 cm³/mol. The van der Waals surface area contributed by atoms with Crippen LogP contribution in [0.1, 0.15) is 44.9 Å². The van der Waals surface area contributed by atoms with Crippen LogP contribution in [-0.2, 0) is 19.4 Å². The van der Waals surface area contributed by atoms with Crippen molar-refractivity contribution in [3.63, 3.8) is 0 Å². The van der Waals surface area contributed by atoms with Gasteiger partial charge in [0, 0.05) is 19.2 Å². The molecule has 116 valence electrons. The molecule has 0 aromatic rings. The highest BCUT2D eigenvalue weighted by Gasteiger charge is 2.39. The minimum atomic E-state index is -3.05. The molecule has 1 aliphatic rings. The number of amides is 1. The number of sulfone groups is 1. The first kappa shape index (κ1) is 16.9. The van der Waals surface area contributed by atoms with Gasteiger partial charge in [0.05, 0.1) is 11.2 Å². The van der Waals surface area contributed by atoms with E-state index in [9.17, 15) is 23.1 Å². The molecule has 2 N–H and O–H groups in total. The molecule has 0 atom stereocenters. The van der Waals surface area contributed by atoms with Gasteiger partial charge in [-0.2, -0.15) is 0 Å². The summed E-state index contributed by atoms with van der Waals surface area (Å²) in [5.41, 5.74) is -0.843. The first-order valence-electron chi connectivity index (χ1n) is 6.93. The average Bonchev–Trinajstić information content (AvgIpc) is 2.36. The zero-order valence-electron chi connectivity index (χ0n) is 11.9. The van der Waals surface area contributed by atoms with Crippen LogP contribution < -0.4 is 5.32 Å². The van der Waals surface area contributed by atoms with Crippen molar-refractivity contribution in [1.82, 2.24) is 5.32 Å². The molecule has 1 saturated carbocycles. The summed E-state index contributed by atoms with van der Waals surface area (Å²) in [5, 5.41) is 12.0. The van der Waals surface area contributed by atoms with Gasteiger partial charge in [-0.1, -0.05) is 19.3 Å². The van der Waals surface area contributed by atoms with Gasteiger partial charge in [0.15, 0.2) is 0 Å². The molecular weight excluding hydrogens is 282 g/mol. The zero-order chi connectivity index (χ0) is 15.2. The summed E-state index contributed by atoms with van der Waals surface area (Å²) < 4.78 is 21.9. The van der Waals surface area contributed by atoms with Gasteiger partial charge in [-0.15, -0.1) is 0 Å². The van der Waals surface area contributed by atoms with Crippen LogP contribution in [0.3, 0.4) is 0 Å². The fraction of sp³-hybridized carbons (Fsp3) is 0.846. The molecule has 0 aliphatic heterocycles. The quantitative estimate of drug-likeness (QED) is 0.729. The van der Waals surface area contributed by atoms with Gasteiger partial charge in [0.1, 0.15) is 9.84 Å². The Bertz CT molecular complexity index is 451. The maximum Gasteiger partial charge on any atom is 0.311 e. The largest absolute Gasteiger partial charge is 0.481 e. The Morgan fingerprint density at radius 1 is 1.20 bits per heavy atom. The van der Waals surface area contributed by atoms with Crippen LogP contribution in [0.4, 0.5) is 0 Å². The van der Waals surface area contributed by atoms with Crippen LogP contribution in [0, 0.1) is 5.41 Å². The molecule has 0 unspecified atom stereocenters. The van der Waals surface area contributed by atoms with E-state index in [4.69, 9.17) is 0 Å². The van der Waals surface area contributed by atoms with Crippen molar-refractivity contribution in [1.29, 1.82) is 0 Å². The lowest BCUT2D eigenvalue weighted by molar-refractivity contribution is -0.151. The molecule has 1 fully saturated rings. The second kappa shape index (κ2) is 7.06. The van der Waals surface area contributed by atoms with Crippen molar-refractivity contribution < 1.29 is 23.1 Å². The molecular formula is C13H23NO5S. The molecule has 1 aliphatic carbocycles. The van der Waals surface area contributed by atoms with Crippen molar-refractivity contribution in [2.75, 3.05) is 18.6 Å². The van der Waals surface area contributed by atoms with Gasteiger partial charge < -0.3 is 10.4 Å². The van der Waals surface area contributed by atoms with E-state index in [0.717, 1.165) is 25.5 Å². The first-order valence-corrected chi connectivity index (χ1v) is 8.99. The number of hydrogen-bond acceptors (Lipinski definition) is 4. The molecule has 20 heavy (non-hydrogen) atoms. The van der Waals surface area contributed by atoms with Crippen molar-refractivity contribution in [3.05, 3.63) is 0 Å². The van der Waals surface area contributed by atoms with Crippen LogP contribution in [0.25, 0.3) is 0 Å². The van der Waals surface area contributed by atoms with Crippen LogP contribution >= 0.6 is 0 Å². The highest BCUT2D eigenvalue weighted by molar-refractivity contribution is 7.90. The topological polar surface area (TPSA) is 101 Å². The third-order valence-corrected chi connectivity index (χ3v) is 4.84. The molecule has 7 heteroatoms. The number of carboxylic acid groups (broad SMARTS) is 1. The van der Waals surface area contributed by atoms with E-state index in [1.54, 1.807) is 0 Å². The summed E-state index contributed by atoms with van der Waals surface area (Å²) in [6, 6.07) is 0. The summed E-state index contributed by atoms with van der Waals surface area (Å²) in [5.74, 6) is -1.15. The minimum absolute atomic E-state index is 0.0233. The Hall–Kier alpha value is -1.11. The van der Waals surface area contributed by atoms with Crippen molar-refractivity contribution >= 4 is 21.7 Å². The van der Waals surface area contributed by atoms with Gasteiger partial charge in [0.2, 0.25) is 5.91 Å². The normalized spacial score (nSPS) is 18.4. The van der Waals surface area contributed by atoms with E-state index in [-0.39, 0.29) is 31.0 Å². The number of aliphatic carboxylic acids is 1. The lowest BCUT2D eigenvalue weighted by Crippen LogP contribution is -2.44. The number of carbonyl (C=O) groups is 2. The minimum Gasteiger partial charge on any atom is -0.481 e. The van der Waals surface area contributed by atoms with Gasteiger partial charge in [-0.3, -0.25) is 9.59 Å². The van der Waals surface area contributed by atoms with Crippen LogP contribution in [0.15, 0.2) is 0 Å². The van der Waals surface area contributed by atoms with E-state index in [2.05, 4.69) is 5.32 Å². The van der Waals surface area contributed by atoms with E-state index in [0.29, 0.717) is 12.8 Å². The van der Waals surface area contributed by atoms with Gasteiger partial charge in [-0.05, 0) is 19.3 Å². The number of carboxylic acids is 1. The van der Waals surface area contributed by atoms with Crippen molar-refractivity contribution in [2.24, 2.45) is 5.41 Å². The summed E-state index contributed by atoms with van der Waals surface area (Å²) in [6.07, 6.45) is 5.47. The lowest BCUT2D eigenvalue weighted by atomic mass is 9.74. The van der Waals surface area contributed by atoms with E-state index in [1.165, 1.54) is 0 Å². The molecule has 0 saturated heterocycles. The highest BCUT2D eigenvalue weighted by Crippen LogP contribution is 2.35. The lowest BCUT2D eigenvalue weighted by Gasteiger charge is -2.33. The van der Waals surface area contributed by atoms with E-state index >= 15 is 0 Å². The second-order valence-electron chi connectivity index (χ2n) is 5.66. The smallest absolute Gasteiger partial charge is 0.311 e. The molecule has 0 heterocycles. The summed E-state index contributed by atoms with van der Waals surface area (Å²) in [7, 11) is -3.05. The summed E-state index contributed by atoms with van der Waals surface area (Å²) in [6.45, 7) is 0.139. The molecule has 1 amide bonds. The van der Waals surface area contributed by atoms with E-state index < -0.39 is 21.2 Å². The molecule has 1 rings (SSSR count). The van der Waals surface area contributed by atoms with Gasteiger partial charge >= 0.3 is 5.97 Å². The van der Waals surface area contributed by atoms with Crippen LogP contribution in [0.5, 0.6) is 0 Å². The molecule has 0 bridgehead atoms. The average molecular weight is 305 g/mol. The Balaban J connectivity index is 2.40. The monoisotopic (exact) mass is 305 g/mol. The SMILES string of the molecule is CS(=O)(=O)CCCC(=O)NCC1(C(=O)O)CCCCC1. The standard InChI is InChI=1S/C13H23NO5S/c1-20(18,19)9-5-6-11(15)14-10-13(12(16)17)7-3-2-4-8-13/h2-10H2,1H3,(H,14,15)(H,16,17). The Kier molecular flexibility index (Phi) is 5.98. The van der Waals surface area contributed by atoms with Gasteiger partial charge in [0.25, 0.3) is 0 Å². The van der Waals surface area contributed by atoms with Crippen LogP contribution in [-0.4, -0.2) is 44.0 Å². The third-order valence-electron chi connectivity index (χ3n) is 3.81. The number of carbonyl (C=O) groups excluding carboxylic acids is 1. The third kappa shape index (κ3) is 5.48. The molecule has 0 spiro atoms. The molecule has 0 aromatic carbocycles. The Labute approximate surface area is 119 Å². The number of rotatable bonds is 7. The molecule has 0 aromatic heterocycles. The molecule has 0 radical (unpaired) electrons. The summed E-state index contributed by atoms with van der Waals surface area (Å²) >= 11 is 0. The number of hydrogen-bond donors (Lipinski definition) is 2. The second-order valence-corrected chi connectivity index (χ2v) is 7.92. The first-order chi connectivity index (χ1) is 9.25. The summed E-state index contributed by atoms with van der Waals surface area (Å²) in [4.78, 5) is 23.0. The highest BCUT2D eigenvalue weighted by atomic mass is 32.2. The number of nitrogens with one attached hydrogen (secondary N) is 1. The maximum atomic E-state index is 11.6. The Morgan fingerprint density at radius 3 is 2.30 bits per heavy atom. The van der Waals surface area contributed by atoms with Crippen molar-refractivity contribution in [3.8, 4) is 0 Å². The Morgan fingerprint density at radius 2 is 1.80 bits per heavy atom. The van der Waals surface area contributed by atoms with Crippen molar-refractivity contribution in [2.45, 2.75) is 44.9 Å². The van der Waals surface area contributed by atoms with E-state index in [1.807, 2.05) is 0 Å². The fourth-order valence-electron chi connectivity index (χ4n) is 2.55. The van der Waals surface area contributed by atoms with Crippen LogP contribution in [0.2, 0.25) is 0 Å². The fourth-order valence-corrected chi connectivity index (χ4v) is 3.21.